The summed E-state index contributed by atoms with van der Waals surface area (Å²) in [7, 11) is 0. The lowest BCUT2D eigenvalue weighted by atomic mass is 10.2. The second kappa shape index (κ2) is 4.87. The van der Waals surface area contributed by atoms with Crippen molar-refractivity contribution in [2.45, 2.75) is 18.9 Å². The third kappa shape index (κ3) is 2.27. The van der Waals surface area contributed by atoms with Crippen LogP contribution in [0.4, 0.5) is 5.13 Å². The first kappa shape index (κ1) is 11.4. The summed E-state index contributed by atoms with van der Waals surface area (Å²) in [4.78, 5) is 11.7. The van der Waals surface area contributed by atoms with E-state index in [1.54, 1.807) is 6.07 Å². The molecule has 1 amide bonds. The Hall–Kier alpha value is -1.73. The molecule has 1 unspecified atom stereocenters. The first-order valence-electron chi connectivity index (χ1n) is 5.61. The van der Waals surface area contributed by atoms with Gasteiger partial charge in [0.25, 0.3) is 5.91 Å². The van der Waals surface area contributed by atoms with Gasteiger partial charge in [-0.2, -0.15) is 0 Å². The fourth-order valence-corrected chi connectivity index (χ4v) is 2.57. The van der Waals surface area contributed by atoms with E-state index in [4.69, 9.17) is 9.15 Å². The monoisotopic (exact) mass is 265 g/mol. The molecule has 1 atom stereocenters. The van der Waals surface area contributed by atoms with Crippen molar-refractivity contribution in [3.8, 4) is 0 Å². The highest BCUT2D eigenvalue weighted by atomic mass is 32.1. The summed E-state index contributed by atoms with van der Waals surface area (Å²) in [5, 5.41) is 11.9. The predicted octanol–water partition coefficient (Wildman–Crippen LogP) is 2.23. The van der Waals surface area contributed by atoms with E-state index in [2.05, 4.69) is 15.5 Å². The van der Waals surface area contributed by atoms with E-state index in [0.717, 1.165) is 24.5 Å². The minimum Gasteiger partial charge on any atom is -0.472 e. The van der Waals surface area contributed by atoms with Gasteiger partial charge in [0.05, 0.1) is 11.8 Å². The minimum atomic E-state index is -0.251. The number of furan rings is 1. The molecule has 6 nitrogen and oxygen atoms in total. The fraction of sp³-hybridized carbons (Fsp3) is 0.364. The van der Waals surface area contributed by atoms with E-state index in [-0.39, 0.29) is 12.0 Å². The third-order valence-corrected chi connectivity index (χ3v) is 3.58. The van der Waals surface area contributed by atoms with Crippen LogP contribution in [-0.4, -0.2) is 22.7 Å². The van der Waals surface area contributed by atoms with Gasteiger partial charge in [0.2, 0.25) is 5.13 Å². The number of amides is 1. The Morgan fingerprint density at radius 1 is 1.50 bits per heavy atom. The molecule has 3 rings (SSSR count). The quantitative estimate of drug-likeness (QED) is 0.920. The van der Waals surface area contributed by atoms with Crippen molar-refractivity contribution in [2.24, 2.45) is 0 Å². The SMILES string of the molecule is O=C(Nc1nnc(C2CCCO2)s1)c1ccoc1. The molecule has 0 aliphatic carbocycles. The van der Waals surface area contributed by atoms with Crippen LogP contribution >= 0.6 is 11.3 Å². The Bertz CT molecular complexity index is 531. The number of hydrogen-bond acceptors (Lipinski definition) is 6. The average Bonchev–Trinajstić information content (AvgIpc) is 3.12. The summed E-state index contributed by atoms with van der Waals surface area (Å²) in [6, 6.07) is 1.59. The van der Waals surface area contributed by atoms with E-state index >= 15 is 0 Å². The first-order valence-corrected chi connectivity index (χ1v) is 6.43. The maximum Gasteiger partial charge on any atom is 0.260 e. The Labute approximate surface area is 107 Å². The Morgan fingerprint density at radius 3 is 3.17 bits per heavy atom. The molecule has 1 N–H and O–H groups in total. The van der Waals surface area contributed by atoms with Gasteiger partial charge in [-0.3, -0.25) is 10.1 Å². The standard InChI is InChI=1S/C11H11N3O3S/c15-9(7-3-5-16-6-7)12-11-14-13-10(18-11)8-2-1-4-17-8/h3,5-6,8H,1-2,4H2,(H,12,14,15). The van der Waals surface area contributed by atoms with E-state index in [9.17, 15) is 4.79 Å². The number of carbonyl (C=O) groups excluding carboxylic acids is 1. The predicted molar refractivity (Wildman–Crippen MR) is 64.5 cm³/mol. The fourth-order valence-electron chi connectivity index (χ4n) is 1.75. The van der Waals surface area contributed by atoms with Crippen LogP contribution in [0.5, 0.6) is 0 Å². The van der Waals surface area contributed by atoms with Crippen molar-refractivity contribution >= 4 is 22.4 Å². The van der Waals surface area contributed by atoms with Crippen LogP contribution in [0.25, 0.3) is 0 Å². The van der Waals surface area contributed by atoms with Gasteiger partial charge in [-0.05, 0) is 18.9 Å². The Kier molecular flexibility index (Phi) is 3.07. The molecule has 18 heavy (non-hydrogen) atoms. The minimum absolute atomic E-state index is 0.0297. The number of rotatable bonds is 3. The zero-order chi connectivity index (χ0) is 12.4. The summed E-state index contributed by atoms with van der Waals surface area (Å²) in [5.74, 6) is -0.251. The van der Waals surface area contributed by atoms with Gasteiger partial charge in [0.1, 0.15) is 17.4 Å². The number of nitrogens with one attached hydrogen (secondary N) is 1. The summed E-state index contributed by atoms with van der Waals surface area (Å²) in [6.45, 7) is 0.765. The van der Waals surface area contributed by atoms with Gasteiger partial charge in [0, 0.05) is 6.61 Å². The zero-order valence-corrected chi connectivity index (χ0v) is 10.3. The molecule has 1 aliphatic heterocycles. The molecule has 7 heteroatoms. The van der Waals surface area contributed by atoms with Gasteiger partial charge in [-0.25, -0.2) is 0 Å². The van der Waals surface area contributed by atoms with Crippen LogP contribution in [0.3, 0.4) is 0 Å². The molecule has 94 valence electrons. The van der Waals surface area contributed by atoms with Crippen molar-refractivity contribution in [3.05, 3.63) is 29.2 Å². The topological polar surface area (TPSA) is 77.2 Å². The van der Waals surface area contributed by atoms with Crippen molar-refractivity contribution in [2.75, 3.05) is 11.9 Å². The van der Waals surface area contributed by atoms with E-state index in [0.29, 0.717) is 10.7 Å². The number of carbonyl (C=O) groups is 1. The average molecular weight is 265 g/mol. The second-order valence-corrected chi connectivity index (χ2v) is 4.92. The van der Waals surface area contributed by atoms with Gasteiger partial charge in [-0.1, -0.05) is 11.3 Å². The van der Waals surface area contributed by atoms with Gasteiger partial charge < -0.3 is 9.15 Å². The van der Waals surface area contributed by atoms with E-state index < -0.39 is 0 Å². The van der Waals surface area contributed by atoms with Gasteiger partial charge >= 0.3 is 0 Å². The molecule has 1 fully saturated rings. The molecular formula is C11H11N3O3S. The Morgan fingerprint density at radius 2 is 2.44 bits per heavy atom. The normalized spacial score (nSPS) is 19.0. The molecule has 0 aromatic carbocycles. The lowest BCUT2D eigenvalue weighted by Gasteiger charge is -2.02. The van der Waals surface area contributed by atoms with Crippen LogP contribution in [0, 0.1) is 0 Å². The van der Waals surface area contributed by atoms with Crippen LogP contribution < -0.4 is 5.32 Å². The molecule has 2 aromatic rings. The lowest BCUT2D eigenvalue weighted by Crippen LogP contribution is -2.10. The highest BCUT2D eigenvalue weighted by Crippen LogP contribution is 2.31. The molecule has 1 saturated heterocycles. The highest BCUT2D eigenvalue weighted by molar-refractivity contribution is 7.15. The Balaban J connectivity index is 1.68. The maximum absolute atomic E-state index is 11.7. The van der Waals surface area contributed by atoms with Crippen molar-refractivity contribution in [1.29, 1.82) is 0 Å². The van der Waals surface area contributed by atoms with E-state index in [1.165, 1.54) is 23.9 Å². The smallest absolute Gasteiger partial charge is 0.260 e. The summed E-state index contributed by atoms with van der Waals surface area (Å²) < 4.78 is 10.4. The van der Waals surface area contributed by atoms with Crippen LogP contribution in [0.15, 0.2) is 23.0 Å². The number of nitrogens with zero attached hydrogens (tertiary/aromatic N) is 2. The number of anilines is 1. The third-order valence-electron chi connectivity index (χ3n) is 2.65. The molecule has 1 aliphatic rings. The van der Waals surface area contributed by atoms with Crippen LogP contribution in [0.2, 0.25) is 0 Å². The summed E-state index contributed by atoms with van der Waals surface area (Å²) in [6.07, 6.45) is 4.87. The largest absolute Gasteiger partial charge is 0.472 e. The van der Waals surface area contributed by atoms with Gasteiger partial charge in [0.15, 0.2) is 0 Å². The maximum atomic E-state index is 11.7. The number of ether oxygens (including phenoxy) is 1. The molecule has 0 bridgehead atoms. The zero-order valence-electron chi connectivity index (χ0n) is 9.46. The van der Waals surface area contributed by atoms with E-state index in [1.807, 2.05) is 0 Å². The second-order valence-electron chi connectivity index (χ2n) is 3.91. The van der Waals surface area contributed by atoms with Gasteiger partial charge in [-0.15, -0.1) is 10.2 Å². The summed E-state index contributed by atoms with van der Waals surface area (Å²) in [5.41, 5.74) is 0.462. The number of hydrogen-bond donors (Lipinski definition) is 1. The van der Waals surface area contributed by atoms with Crippen molar-refractivity contribution in [1.82, 2.24) is 10.2 Å². The molecule has 0 saturated carbocycles. The first-order chi connectivity index (χ1) is 8.83. The van der Waals surface area contributed by atoms with Crippen LogP contribution in [0.1, 0.15) is 34.3 Å². The molecule has 0 spiro atoms. The van der Waals surface area contributed by atoms with Crippen LogP contribution in [-0.2, 0) is 4.74 Å². The highest BCUT2D eigenvalue weighted by Gasteiger charge is 2.22. The van der Waals surface area contributed by atoms with Crippen molar-refractivity contribution in [3.63, 3.8) is 0 Å². The lowest BCUT2D eigenvalue weighted by molar-refractivity contribution is 0.102. The molecule has 2 aromatic heterocycles. The number of aromatic nitrogens is 2. The molecule has 0 radical (unpaired) electrons. The van der Waals surface area contributed by atoms with Crippen molar-refractivity contribution < 1.29 is 13.9 Å². The molecule has 3 heterocycles. The summed E-state index contributed by atoms with van der Waals surface area (Å²) >= 11 is 1.35. The molecular weight excluding hydrogens is 254 g/mol.